The lowest BCUT2D eigenvalue weighted by molar-refractivity contribution is -0.388. The van der Waals surface area contributed by atoms with Crippen molar-refractivity contribution in [3.05, 3.63) is 28.4 Å². The summed E-state index contributed by atoms with van der Waals surface area (Å²) in [5.74, 6) is -0.0811. The molecule has 6 nitrogen and oxygen atoms in total. The van der Waals surface area contributed by atoms with Crippen LogP contribution in [0.25, 0.3) is 0 Å². The average molecular weight is 248 g/mol. The number of hydrogen-bond acceptors (Lipinski definition) is 5. The lowest BCUT2D eigenvalue weighted by Crippen LogP contribution is -2.28. The van der Waals surface area contributed by atoms with Gasteiger partial charge in [0.1, 0.15) is 11.9 Å². The van der Waals surface area contributed by atoms with E-state index in [4.69, 9.17) is 0 Å². The molecule has 0 amide bonds. The molecule has 1 atom stereocenters. The van der Waals surface area contributed by atoms with Crippen molar-refractivity contribution in [2.75, 3.05) is 18.4 Å². The van der Waals surface area contributed by atoms with E-state index >= 15 is 0 Å². The van der Waals surface area contributed by atoms with Crippen LogP contribution in [-0.2, 0) is 0 Å². The molecule has 1 saturated carbocycles. The van der Waals surface area contributed by atoms with Crippen LogP contribution in [0.1, 0.15) is 19.3 Å². The van der Waals surface area contributed by atoms with Crippen LogP contribution >= 0.6 is 0 Å². The largest absolute Gasteiger partial charge is 0.386 e. The highest BCUT2D eigenvalue weighted by Gasteiger charge is 2.34. The number of aromatic nitrogens is 1. The van der Waals surface area contributed by atoms with E-state index in [0.29, 0.717) is 11.7 Å². The van der Waals surface area contributed by atoms with Crippen LogP contribution in [-0.4, -0.2) is 40.0 Å². The Balaban J connectivity index is 1.67. The maximum absolute atomic E-state index is 10.9. The van der Waals surface area contributed by atoms with E-state index in [1.54, 1.807) is 12.1 Å². The first-order chi connectivity index (χ1) is 8.74. The Morgan fingerprint density at radius 1 is 1.44 bits per heavy atom. The standard InChI is InChI=1S/C12H16N4O2/c17-16(18)12-11(2-1-6-13-12)14-9-5-7-15(8-9)10-3-4-10/h1-2,6,9-10,14H,3-5,7-8H2. The van der Waals surface area contributed by atoms with Gasteiger partial charge in [-0.3, -0.25) is 4.90 Å². The fraction of sp³-hybridized carbons (Fsp3) is 0.583. The fourth-order valence-corrected chi connectivity index (χ4v) is 2.55. The monoisotopic (exact) mass is 248 g/mol. The molecule has 1 aromatic heterocycles. The minimum absolute atomic E-state index is 0.0811. The minimum atomic E-state index is -0.435. The maximum atomic E-state index is 10.9. The van der Waals surface area contributed by atoms with Crippen molar-refractivity contribution in [3.8, 4) is 0 Å². The first-order valence-corrected chi connectivity index (χ1v) is 6.34. The van der Waals surface area contributed by atoms with Gasteiger partial charge in [-0.25, -0.2) is 0 Å². The van der Waals surface area contributed by atoms with Crippen LogP contribution in [0.4, 0.5) is 11.5 Å². The lowest BCUT2D eigenvalue weighted by Gasteiger charge is -2.16. The van der Waals surface area contributed by atoms with Gasteiger partial charge in [0.2, 0.25) is 0 Å². The second-order valence-corrected chi connectivity index (χ2v) is 4.99. The summed E-state index contributed by atoms with van der Waals surface area (Å²) in [6, 6.07) is 4.52. The third-order valence-electron chi connectivity index (χ3n) is 3.60. The van der Waals surface area contributed by atoms with Crippen molar-refractivity contribution in [2.24, 2.45) is 0 Å². The van der Waals surface area contributed by atoms with E-state index in [2.05, 4.69) is 15.2 Å². The van der Waals surface area contributed by atoms with E-state index in [9.17, 15) is 10.1 Å². The van der Waals surface area contributed by atoms with Gasteiger partial charge >= 0.3 is 5.82 Å². The third-order valence-corrected chi connectivity index (χ3v) is 3.60. The molecule has 3 rings (SSSR count). The van der Waals surface area contributed by atoms with E-state index in [-0.39, 0.29) is 5.82 Å². The summed E-state index contributed by atoms with van der Waals surface area (Å²) in [5.41, 5.74) is 0.533. The first-order valence-electron chi connectivity index (χ1n) is 6.34. The molecule has 2 heterocycles. The van der Waals surface area contributed by atoms with Crippen LogP contribution in [0, 0.1) is 10.1 Å². The second kappa shape index (κ2) is 4.53. The predicted octanol–water partition coefficient (Wildman–Crippen LogP) is 1.64. The van der Waals surface area contributed by atoms with Gasteiger partial charge in [0, 0.05) is 25.2 Å². The topological polar surface area (TPSA) is 71.3 Å². The number of pyridine rings is 1. The molecule has 1 aromatic rings. The molecular formula is C12H16N4O2. The molecule has 1 aliphatic heterocycles. The Labute approximate surface area is 105 Å². The van der Waals surface area contributed by atoms with Crippen LogP contribution in [0.5, 0.6) is 0 Å². The molecule has 0 radical (unpaired) electrons. The second-order valence-electron chi connectivity index (χ2n) is 4.99. The zero-order valence-corrected chi connectivity index (χ0v) is 10.1. The Morgan fingerprint density at radius 2 is 2.28 bits per heavy atom. The van der Waals surface area contributed by atoms with Gasteiger partial charge in [0.05, 0.1) is 0 Å². The normalized spacial score (nSPS) is 24.1. The third kappa shape index (κ3) is 2.28. The Bertz CT molecular complexity index is 461. The van der Waals surface area contributed by atoms with Crippen molar-refractivity contribution < 1.29 is 4.92 Å². The number of likely N-dealkylation sites (tertiary alicyclic amines) is 1. The predicted molar refractivity (Wildman–Crippen MR) is 67.5 cm³/mol. The molecule has 6 heteroatoms. The molecule has 0 bridgehead atoms. The first kappa shape index (κ1) is 11.4. The van der Waals surface area contributed by atoms with Crippen LogP contribution < -0.4 is 5.32 Å². The van der Waals surface area contributed by atoms with Gasteiger partial charge < -0.3 is 15.4 Å². The summed E-state index contributed by atoms with van der Waals surface area (Å²) < 4.78 is 0. The minimum Gasteiger partial charge on any atom is -0.374 e. The average Bonchev–Trinajstić information content (AvgIpc) is 3.11. The van der Waals surface area contributed by atoms with Gasteiger partial charge in [-0.05, 0) is 41.3 Å². The fourth-order valence-electron chi connectivity index (χ4n) is 2.55. The summed E-state index contributed by atoms with van der Waals surface area (Å²) in [4.78, 5) is 16.7. The molecule has 2 aliphatic rings. The SMILES string of the molecule is O=[N+]([O-])c1ncccc1NC1CCN(C2CC2)C1. The van der Waals surface area contributed by atoms with E-state index in [0.717, 1.165) is 25.6 Å². The summed E-state index contributed by atoms with van der Waals surface area (Å²) in [7, 11) is 0. The molecule has 1 aliphatic carbocycles. The quantitative estimate of drug-likeness (QED) is 0.648. The van der Waals surface area contributed by atoms with Crippen LogP contribution in [0.15, 0.2) is 18.3 Å². The number of anilines is 1. The van der Waals surface area contributed by atoms with Crippen molar-refractivity contribution in [1.82, 2.24) is 9.88 Å². The highest BCUT2D eigenvalue weighted by Crippen LogP contribution is 2.31. The van der Waals surface area contributed by atoms with Gasteiger partial charge in [-0.1, -0.05) is 0 Å². The number of nitro groups is 1. The van der Waals surface area contributed by atoms with Gasteiger partial charge in [0.15, 0.2) is 0 Å². The van der Waals surface area contributed by atoms with Crippen molar-refractivity contribution in [1.29, 1.82) is 0 Å². The van der Waals surface area contributed by atoms with E-state index < -0.39 is 4.92 Å². The number of rotatable bonds is 4. The molecule has 0 spiro atoms. The van der Waals surface area contributed by atoms with Gasteiger partial charge in [-0.15, -0.1) is 0 Å². The van der Waals surface area contributed by atoms with Crippen LogP contribution in [0.3, 0.4) is 0 Å². The molecule has 0 aromatic carbocycles. The molecular weight excluding hydrogens is 232 g/mol. The lowest BCUT2D eigenvalue weighted by atomic mass is 10.2. The van der Waals surface area contributed by atoms with Gasteiger partial charge in [0.25, 0.3) is 0 Å². The Kier molecular flexibility index (Phi) is 2.87. The summed E-state index contributed by atoms with van der Waals surface area (Å²) in [5, 5.41) is 14.1. The molecule has 1 N–H and O–H groups in total. The number of nitrogens with zero attached hydrogens (tertiary/aromatic N) is 3. The molecule has 1 saturated heterocycles. The zero-order valence-electron chi connectivity index (χ0n) is 10.1. The van der Waals surface area contributed by atoms with Crippen molar-refractivity contribution >= 4 is 11.5 Å². The molecule has 96 valence electrons. The smallest absolute Gasteiger partial charge is 0.374 e. The number of hydrogen-bond donors (Lipinski definition) is 1. The summed E-state index contributed by atoms with van der Waals surface area (Å²) in [6.07, 6.45) is 5.11. The van der Waals surface area contributed by atoms with E-state index in [1.807, 2.05) is 0 Å². The Morgan fingerprint density at radius 3 is 3.00 bits per heavy atom. The van der Waals surface area contributed by atoms with Crippen molar-refractivity contribution in [2.45, 2.75) is 31.3 Å². The highest BCUT2D eigenvalue weighted by molar-refractivity contribution is 5.57. The number of nitrogens with one attached hydrogen (secondary N) is 1. The van der Waals surface area contributed by atoms with Crippen LogP contribution in [0.2, 0.25) is 0 Å². The molecule has 1 unspecified atom stereocenters. The summed E-state index contributed by atoms with van der Waals surface area (Å²) in [6.45, 7) is 2.08. The zero-order chi connectivity index (χ0) is 12.5. The molecule has 18 heavy (non-hydrogen) atoms. The maximum Gasteiger partial charge on any atom is 0.386 e. The molecule has 2 fully saturated rings. The highest BCUT2D eigenvalue weighted by atomic mass is 16.6. The Hall–Kier alpha value is -1.69. The van der Waals surface area contributed by atoms with Gasteiger partial charge in [-0.2, -0.15) is 0 Å². The van der Waals surface area contributed by atoms with E-state index in [1.165, 1.54) is 19.0 Å². The van der Waals surface area contributed by atoms with Crippen molar-refractivity contribution in [3.63, 3.8) is 0 Å². The summed E-state index contributed by atoms with van der Waals surface area (Å²) >= 11 is 0.